The van der Waals surface area contributed by atoms with E-state index in [1.165, 1.54) is 23.8 Å². The van der Waals surface area contributed by atoms with E-state index in [9.17, 15) is 19.1 Å². The molecule has 0 spiro atoms. The Morgan fingerprint density at radius 3 is 2.87 bits per heavy atom. The van der Waals surface area contributed by atoms with E-state index < -0.39 is 17.7 Å². The quantitative estimate of drug-likeness (QED) is 0.678. The summed E-state index contributed by atoms with van der Waals surface area (Å²) < 4.78 is 13.5. The predicted molar refractivity (Wildman–Crippen MR) is 115 cm³/mol. The van der Waals surface area contributed by atoms with Gasteiger partial charge in [0.25, 0.3) is 0 Å². The van der Waals surface area contributed by atoms with Crippen molar-refractivity contribution in [2.45, 2.75) is 31.6 Å². The smallest absolute Gasteiger partial charge is 0.320 e. The first kappa shape index (κ1) is 21.1. The second-order valence-corrected chi connectivity index (χ2v) is 8.11. The van der Waals surface area contributed by atoms with Gasteiger partial charge in [-0.25, -0.2) is 14.2 Å². The van der Waals surface area contributed by atoms with E-state index in [2.05, 4.69) is 22.4 Å². The number of fused-ring (bicyclic) bond motifs is 1. The lowest BCUT2D eigenvalue weighted by atomic mass is 9.98. The third kappa shape index (κ3) is 4.95. The first-order valence-corrected chi connectivity index (χ1v) is 10.8. The number of hydrogen-bond acceptors (Lipinski definition) is 4. The Labute approximate surface area is 180 Å². The molecule has 2 amide bonds. The number of pyridine rings is 1. The molecule has 4 rings (SSSR count). The number of nitrogens with zero attached hydrogens (tertiary/aromatic N) is 3. The second-order valence-electron chi connectivity index (χ2n) is 8.11. The predicted octanol–water partition coefficient (Wildman–Crippen LogP) is 3.12. The van der Waals surface area contributed by atoms with E-state index >= 15 is 0 Å². The van der Waals surface area contributed by atoms with Crippen LogP contribution in [0.3, 0.4) is 0 Å². The van der Waals surface area contributed by atoms with Gasteiger partial charge in [-0.15, -0.1) is 0 Å². The van der Waals surface area contributed by atoms with Gasteiger partial charge in [-0.3, -0.25) is 4.79 Å². The summed E-state index contributed by atoms with van der Waals surface area (Å²) in [6, 6.07) is 9.59. The van der Waals surface area contributed by atoms with Crippen LogP contribution >= 0.6 is 0 Å². The molecule has 2 aliphatic heterocycles. The molecule has 1 aromatic carbocycles. The highest BCUT2D eigenvalue weighted by molar-refractivity contribution is 5.80. The van der Waals surface area contributed by atoms with E-state index in [0.29, 0.717) is 25.2 Å². The Hall–Kier alpha value is -3.16. The maximum absolute atomic E-state index is 13.5. The lowest BCUT2D eigenvalue weighted by Gasteiger charge is -2.22. The van der Waals surface area contributed by atoms with Gasteiger partial charge >= 0.3 is 12.0 Å². The molecule has 31 heavy (non-hydrogen) atoms. The number of carbonyl (C=O) groups excluding carboxylic acids is 1. The standard InChI is InChI=1S/C23H27FN4O3/c24-18-6-1-4-17(14-18)20(22(29)30)15-28-13-12-27(23(28)31)11-3-7-19-9-8-16-5-2-10-25-21(16)26-19/h1,4,6,8-9,14,20H,2-3,5,7,10-13,15H2,(H,25,26)(H,29,30). The number of carboxylic acid groups (broad SMARTS) is 1. The molecule has 2 aromatic rings. The van der Waals surface area contributed by atoms with Gasteiger partial charge in [-0.05, 0) is 55.0 Å². The maximum atomic E-state index is 13.5. The number of aliphatic carboxylic acids is 1. The fourth-order valence-electron chi connectivity index (χ4n) is 4.24. The zero-order chi connectivity index (χ0) is 21.8. The van der Waals surface area contributed by atoms with Gasteiger partial charge in [0.1, 0.15) is 11.6 Å². The number of aryl methyl sites for hydroxylation is 2. The van der Waals surface area contributed by atoms with Crippen molar-refractivity contribution in [3.05, 3.63) is 59.0 Å². The normalized spacial score (nSPS) is 16.7. The summed E-state index contributed by atoms with van der Waals surface area (Å²) in [5, 5.41) is 12.9. The van der Waals surface area contributed by atoms with Gasteiger partial charge in [-0.2, -0.15) is 0 Å². The molecule has 1 atom stereocenters. The molecule has 2 N–H and O–H groups in total. The van der Waals surface area contributed by atoms with Gasteiger partial charge < -0.3 is 20.2 Å². The zero-order valence-electron chi connectivity index (χ0n) is 17.4. The molecule has 3 heterocycles. The number of anilines is 1. The van der Waals surface area contributed by atoms with Crippen molar-refractivity contribution in [3.8, 4) is 0 Å². The molecule has 164 valence electrons. The molecule has 1 fully saturated rings. The van der Waals surface area contributed by atoms with Gasteiger partial charge in [-0.1, -0.05) is 18.2 Å². The van der Waals surface area contributed by atoms with Crippen LogP contribution in [-0.2, 0) is 17.6 Å². The van der Waals surface area contributed by atoms with Crippen molar-refractivity contribution in [2.75, 3.05) is 38.0 Å². The van der Waals surface area contributed by atoms with Gasteiger partial charge in [0, 0.05) is 38.4 Å². The topological polar surface area (TPSA) is 85.8 Å². The van der Waals surface area contributed by atoms with Crippen LogP contribution in [0.1, 0.15) is 35.6 Å². The lowest BCUT2D eigenvalue weighted by molar-refractivity contribution is -0.139. The first-order valence-electron chi connectivity index (χ1n) is 10.8. The van der Waals surface area contributed by atoms with Crippen LogP contribution in [0.5, 0.6) is 0 Å². The number of aromatic nitrogens is 1. The highest BCUT2D eigenvalue weighted by Crippen LogP contribution is 2.22. The van der Waals surface area contributed by atoms with Crippen LogP contribution in [0.15, 0.2) is 36.4 Å². The van der Waals surface area contributed by atoms with Crippen molar-refractivity contribution in [2.24, 2.45) is 0 Å². The lowest BCUT2D eigenvalue weighted by Crippen LogP contribution is -2.36. The van der Waals surface area contributed by atoms with E-state index in [1.54, 1.807) is 15.9 Å². The summed E-state index contributed by atoms with van der Waals surface area (Å²) in [4.78, 5) is 32.5. The molecule has 0 radical (unpaired) electrons. The van der Waals surface area contributed by atoms with Crippen LogP contribution in [-0.4, -0.2) is 64.6 Å². The third-order valence-corrected chi connectivity index (χ3v) is 5.95. The SMILES string of the molecule is O=C(O)C(CN1CCN(CCCc2ccc3c(n2)NCCC3)C1=O)c1cccc(F)c1. The highest BCUT2D eigenvalue weighted by Gasteiger charge is 2.32. The Morgan fingerprint density at radius 1 is 1.23 bits per heavy atom. The van der Waals surface area contributed by atoms with Gasteiger partial charge in [0.05, 0.1) is 5.92 Å². The van der Waals surface area contributed by atoms with E-state index in [4.69, 9.17) is 0 Å². The Bertz CT molecular complexity index is 968. The van der Waals surface area contributed by atoms with Crippen LogP contribution in [0, 0.1) is 5.82 Å². The van der Waals surface area contributed by atoms with Crippen LogP contribution in [0.4, 0.5) is 15.0 Å². The van der Waals surface area contributed by atoms with Gasteiger partial charge in [0.15, 0.2) is 0 Å². The molecule has 8 heteroatoms. The average Bonchev–Trinajstić information content (AvgIpc) is 3.11. The van der Waals surface area contributed by atoms with Crippen LogP contribution in [0.25, 0.3) is 0 Å². The number of benzene rings is 1. The summed E-state index contributed by atoms with van der Waals surface area (Å²) in [7, 11) is 0. The summed E-state index contributed by atoms with van der Waals surface area (Å²) in [6.07, 6.45) is 3.75. The van der Waals surface area contributed by atoms with Crippen LogP contribution in [0.2, 0.25) is 0 Å². The molecule has 0 saturated carbocycles. The maximum Gasteiger partial charge on any atom is 0.320 e. The first-order chi connectivity index (χ1) is 15.0. The molecule has 7 nitrogen and oxygen atoms in total. The van der Waals surface area contributed by atoms with Gasteiger partial charge in [0.2, 0.25) is 0 Å². The summed E-state index contributed by atoms with van der Waals surface area (Å²) >= 11 is 0. The Balaban J connectivity index is 1.31. The molecule has 0 bridgehead atoms. The second kappa shape index (κ2) is 9.32. The molecule has 0 aliphatic carbocycles. The molecule has 2 aliphatic rings. The van der Waals surface area contributed by atoms with Crippen molar-refractivity contribution in [1.82, 2.24) is 14.8 Å². The largest absolute Gasteiger partial charge is 0.481 e. The number of carboxylic acids is 1. The van der Waals surface area contributed by atoms with Crippen molar-refractivity contribution in [1.29, 1.82) is 0 Å². The molecule has 1 unspecified atom stereocenters. The molecule has 1 saturated heterocycles. The Kier molecular flexibility index (Phi) is 6.34. The number of hydrogen-bond donors (Lipinski definition) is 2. The molecular weight excluding hydrogens is 399 g/mol. The minimum atomic E-state index is -1.07. The average molecular weight is 426 g/mol. The zero-order valence-corrected chi connectivity index (χ0v) is 17.4. The fourth-order valence-corrected chi connectivity index (χ4v) is 4.24. The van der Waals surface area contributed by atoms with Crippen molar-refractivity contribution < 1.29 is 19.1 Å². The summed E-state index contributed by atoms with van der Waals surface area (Å²) in [5.74, 6) is -1.52. The van der Waals surface area contributed by atoms with Crippen molar-refractivity contribution in [3.63, 3.8) is 0 Å². The minimum Gasteiger partial charge on any atom is -0.481 e. The minimum absolute atomic E-state index is 0.0339. The van der Waals surface area contributed by atoms with E-state index in [-0.39, 0.29) is 12.6 Å². The summed E-state index contributed by atoms with van der Waals surface area (Å²) in [5.41, 5.74) is 2.63. The number of carbonyl (C=O) groups is 2. The van der Waals surface area contributed by atoms with E-state index in [1.807, 2.05) is 0 Å². The molecular formula is C23H27FN4O3. The summed E-state index contributed by atoms with van der Waals surface area (Å²) in [6.45, 7) is 2.62. The number of nitrogens with one attached hydrogen (secondary N) is 1. The third-order valence-electron chi connectivity index (χ3n) is 5.95. The monoisotopic (exact) mass is 426 g/mol. The number of amides is 2. The number of halogens is 1. The fraction of sp³-hybridized carbons (Fsp3) is 0.435. The highest BCUT2D eigenvalue weighted by atomic mass is 19.1. The number of rotatable bonds is 8. The Morgan fingerprint density at radius 2 is 2.06 bits per heavy atom. The molecule has 1 aromatic heterocycles. The number of urea groups is 1. The van der Waals surface area contributed by atoms with Crippen molar-refractivity contribution >= 4 is 17.8 Å². The van der Waals surface area contributed by atoms with E-state index in [0.717, 1.165) is 43.7 Å². The van der Waals surface area contributed by atoms with Crippen LogP contribution < -0.4 is 5.32 Å².